The Morgan fingerprint density at radius 2 is 2.21 bits per heavy atom. The van der Waals surface area contributed by atoms with E-state index in [0.29, 0.717) is 12.2 Å². The third-order valence-corrected chi connectivity index (χ3v) is 2.39. The molecular formula is C10H12O3S. The maximum Gasteiger partial charge on any atom is 0.306 e. The Balaban J connectivity index is 2.32. The molecule has 0 bridgehead atoms. The van der Waals surface area contributed by atoms with Crippen molar-refractivity contribution in [1.82, 2.24) is 0 Å². The summed E-state index contributed by atoms with van der Waals surface area (Å²) >= 11 is 1.48. The number of Topliss-reactive ketones (excluding diaryl/α,β-unsaturated/α-hetero) is 1. The van der Waals surface area contributed by atoms with Crippen molar-refractivity contribution < 1.29 is 14.3 Å². The van der Waals surface area contributed by atoms with Gasteiger partial charge in [-0.1, -0.05) is 0 Å². The van der Waals surface area contributed by atoms with Gasteiger partial charge in [0.25, 0.3) is 0 Å². The highest BCUT2D eigenvalue weighted by molar-refractivity contribution is 7.08. The van der Waals surface area contributed by atoms with Gasteiger partial charge in [-0.2, -0.15) is 11.3 Å². The second kappa shape index (κ2) is 5.54. The van der Waals surface area contributed by atoms with Crippen LogP contribution in [0.15, 0.2) is 16.8 Å². The quantitative estimate of drug-likeness (QED) is 0.555. The van der Waals surface area contributed by atoms with Crippen LogP contribution in [0.1, 0.15) is 30.1 Å². The summed E-state index contributed by atoms with van der Waals surface area (Å²) < 4.78 is 4.72. The highest BCUT2D eigenvalue weighted by atomic mass is 32.1. The fourth-order valence-electron chi connectivity index (χ4n) is 1.02. The fraction of sp³-hybridized carbons (Fsp3) is 0.400. The lowest BCUT2D eigenvalue weighted by Crippen LogP contribution is -2.07. The van der Waals surface area contributed by atoms with E-state index in [1.807, 2.05) is 5.38 Å². The average molecular weight is 212 g/mol. The minimum atomic E-state index is -0.309. The molecule has 0 spiro atoms. The number of carbonyl (C=O) groups is 2. The normalized spacial score (nSPS) is 9.79. The van der Waals surface area contributed by atoms with Crippen LogP contribution in [0, 0.1) is 0 Å². The third kappa shape index (κ3) is 3.30. The molecule has 0 aliphatic carbocycles. The van der Waals surface area contributed by atoms with Gasteiger partial charge in [0.2, 0.25) is 0 Å². The molecule has 0 fully saturated rings. The minimum Gasteiger partial charge on any atom is -0.466 e. The number of esters is 1. The molecule has 1 rings (SSSR count). The van der Waals surface area contributed by atoms with Gasteiger partial charge in [0.05, 0.1) is 13.0 Å². The molecule has 0 amide bonds. The Hall–Kier alpha value is -1.16. The molecule has 76 valence electrons. The van der Waals surface area contributed by atoms with Gasteiger partial charge in [-0.25, -0.2) is 0 Å². The molecule has 0 saturated carbocycles. The van der Waals surface area contributed by atoms with E-state index >= 15 is 0 Å². The van der Waals surface area contributed by atoms with E-state index in [9.17, 15) is 9.59 Å². The van der Waals surface area contributed by atoms with Crippen LogP contribution in [0.25, 0.3) is 0 Å². The van der Waals surface area contributed by atoms with Crippen LogP contribution in [0.4, 0.5) is 0 Å². The Morgan fingerprint density at radius 1 is 1.43 bits per heavy atom. The van der Waals surface area contributed by atoms with Gasteiger partial charge in [-0.15, -0.1) is 0 Å². The van der Waals surface area contributed by atoms with Crippen molar-refractivity contribution in [1.29, 1.82) is 0 Å². The van der Waals surface area contributed by atoms with Gasteiger partial charge in [0, 0.05) is 17.4 Å². The molecule has 0 aliphatic heterocycles. The first kappa shape index (κ1) is 10.9. The van der Waals surface area contributed by atoms with E-state index in [2.05, 4.69) is 0 Å². The zero-order chi connectivity index (χ0) is 10.4. The van der Waals surface area contributed by atoms with Crippen LogP contribution in [-0.2, 0) is 9.53 Å². The van der Waals surface area contributed by atoms with Crippen LogP contribution >= 0.6 is 11.3 Å². The number of carbonyl (C=O) groups excluding carboxylic acids is 2. The summed E-state index contributed by atoms with van der Waals surface area (Å²) in [7, 11) is 0. The summed E-state index contributed by atoms with van der Waals surface area (Å²) in [6, 6.07) is 1.76. The standard InChI is InChI=1S/C10H12O3S/c1-2-13-10(12)4-3-9(11)8-5-6-14-7-8/h5-7H,2-4H2,1H3. The first-order valence-electron chi connectivity index (χ1n) is 4.45. The van der Waals surface area contributed by atoms with Gasteiger partial charge in [-0.05, 0) is 18.4 Å². The van der Waals surface area contributed by atoms with Gasteiger partial charge < -0.3 is 4.74 Å². The van der Waals surface area contributed by atoms with Crippen molar-refractivity contribution >= 4 is 23.1 Å². The summed E-state index contributed by atoms with van der Waals surface area (Å²) in [5.41, 5.74) is 0.680. The van der Waals surface area contributed by atoms with Gasteiger partial charge in [0.1, 0.15) is 0 Å². The highest BCUT2D eigenvalue weighted by Crippen LogP contribution is 2.10. The topological polar surface area (TPSA) is 43.4 Å². The Morgan fingerprint density at radius 3 is 2.79 bits per heavy atom. The number of thiophene rings is 1. The zero-order valence-corrected chi connectivity index (χ0v) is 8.80. The number of rotatable bonds is 5. The number of ketones is 1. The summed E-state index contributed by atoms with van der Waals surface area (Å²) in [6.07, 6.45) is 0.401. The molecule has 1 aromatic heterocycles. The second-order valence-electron chi connectivity index (χ2n) is 2.74. The smallest absolute Gasteiger partial charge is 0.306 e. The average Bonchev–Trinajstić information content (AvgIpc) is 2.67. The van der Waals surface area contributed by atoms with E-state index < -0.39 is 0 Å². The van der Waals surface area contributed by atoms with E-state index in [1.165, 1.54) is 11.3 Å². The van der Waals surface area contributed by atoms with Crippen molar-refractivity contribution in [2.75, 3.05) is 6.61 Å². The molecule has 0 saturated heterocycles. The first-order valence-corrected chi connectivity index (χ1v) is 5.39. The van der Waals surface area contributed by atoms with Crippen molar-refractivity contribution in [3.63, 3.8) is 0 Å². The molecule has 1 aromatic rings. The summed E-state index contributed by atoms with van der Waals surface area (Å²) in [4.78, 5) is 22.4. The number of hydrogen-bond donors (Lipinski definition) is 0. The molecule has 3 nitrogen and oxygen atoms in total. The molecule has 0 atom stereocenters. The predicted molar refractivity (Wildman–Crippen MR) is 54.5 cm³/mol. The fourth-order valence-corrected chi connectivity index (χ4v) is 1.68. The maximum atomic E-state index is 11.4. The van der Waals surface area contributed by atoms with E-state index in [1.54, 1.807) is 18.4 Å². The van der Waals surface area contributed by atoms with Crippen LogP contribution in [0.2, 0.25) is 0 Å². The van der Waals surface area contributed by atoms with Crippen molar-refractivity contribution in [3.05, 3.63) is 22.4 Å². The Bertz CT molecular complexity index is 303. The summed E-state index contributed by atoms with van der Waals surface area (Å²) in [6.45, 7) is 2.12. The van der Waals surface area contributed by atoms with E-state index in [-0.39, 0.29) is 24.6 Å². The molecule has 0 aromatic carbocycles. The lowest BCUT2D eigenvalue weighted by atomic mass is 10.1. The molecule has 0 N–H and O–H groups in total. The van der Waals surface area contributed by atoms with Crippen LogP contribution in [0.3, 0.4) is 0 Å². The lowest BCUT2D eigenvalue weighted by molar-refractivity contribution is -0.143. The second-order valence-corrected chi connectivity index (χ2v) is 3.52. The van der Waals surface area contributed by atoms with Gasteiger partial charge in [-0.3, -0.25) is 9.59 Å². The van der Waals surface area contributed by atoms with Crippen LogP contribution < -0.4 is 0 Å². The van der Waals surface area contributed by atoms with Crippen molar-refractivity contribution in [2.45, 2.75) is 19.8 Å². The van der Waals surface area contributed by atoms with E-state index in [4.69, 9.17) is 4.74 Å². The van der Waals surface area contributed by atoms with Crippen LogP contribution in [0.5, 0.6) is 0 Å². The van der Waals surface area contributed by atoms with Crippen molar-refractivity contribution in [3.8, 4) is 0 Å². The molecular weight excluding hydrogens is 200 g/mol. The minimum absolute atomic E-state index is 0.000645. The SMILES string of the molecule is CCOC(=O)CCC(=O)c1ccsc1. The first-order chi connectivity index (χ1) is 6.74. The molecule has 0 radical (unpaired) electrons. The molecule has 1 heterocycles. The Labute approximate surface area is 86.7 Å². The monoisotopic (exact) mass is 212 g/mol. The molecule has 0 unspecified atom stereocenters. The molecule has 4 heteroatoms. The van der Waals surface area contributed by atoms with Crippen LogP contribution in [-0.4, -0.2) is 18.4 Å². The van der Waals surface area contributed by atoms with Gasteiger partial charge >= 0.3 is 5.97 Å². The third-order valence-electron chi connectivity index (χ3n) is 1.70. The van der Waals surface area contributed by atoms with E-state index in [0.717, 1.165) is 0 Å². The molecule has 14 heavy (non-hydrogen) atoms. The highest BCUT2D eigenvalue weighted by Gasteiger charge is 2.09. The lowest BCUT2D eigenvalue weighted by Gasteiger charge is -1.99. The largest absolute Gasteiger partial charge is 0.466 e. The maximum absolute atomic E-state index is 11.4. The molecule has 0 aliphatic rings. The summed E-state index contributed by atoms with van der Waals surface area (Å²) in [5.74, 6) is -0.310. The number of ether oxygens (including phenoxy) is 1. The number of hydrogen-bond acceptors (Lipinski definition) is 4. The zero-order valence-electron chi connectivity index (χ0n) is 7.99. The summed E-state index contributed by atoms with van der Waals surface area (Å²) in [5, 5.41) is 3.63. The predicted octanol–water partition coefficient (Wildman–Crippen LogP) is 2.27. The van der Waals surface area contributed by atoms with Gasteiger partial charge in [0.15, 0.2) is 5.78 Å². The van der Waals surface area contributed by atoms with Crippen molar-refractivity contribution in [2.24, 2.45) is 0 Å². The Kier molecular flexibility index (Phi) is 4.32.